The maximum atomic E-state index is 12.2. The fourth-order valence-electron chi connectivity index (χ4n) is 2.01. The van der Waals surface area contributed by atoms with Gasteiger partial charge in [-0.25, -0.2) is 0 Å². The van der Waals surface area contributed by atoms with Crippen LogP contribution in [-0.4, -0.2) is 21.5 Å². The molecule has 0 saturated carbocycles. The molecule has 0 aliphatic carbocycles. The molecule has 5 nitrogen and oxygen atoms in total. The van der Waals surface area contributed by atoms with Crippen LogP contribution in [0.4, 0.5) is 0 Å². The molecule has 0 aromatic heterocycles. The van der Waals surface area contributed by atoms with Crippen LogP contribution in [0.15, 0.2) is 53.4 Å². The Kier molecular flexibility index (Phi) is 5.52. The van der Waals surface area contributed by atoms with E-state index < -0.39 is 10.1 Å². The molecule has 0 amide bonds. The third-order valence-electron chi connectivity index (χ3n) is 3.36. The molecule has 0 fully saturated rings. The third kappa shape index (κ3) is 4.64. The molecule has 23 heavy (non-hydrogen) atoms. The van der Waals surface area contributed by atoms with Crippen molar-refractivity contribution < 1.29 is 22.1 Å². The number of carbonyl (C=O) groups is 1. The van der Waals surface area contributed by atoms with Gasteiger partial charge in [0.1, 0.15) is 0 Å². The molecule has 2 aromatic rings. The summed E-state index contributed by atoms with van der Waals surface area (Å²) < 4.78 is 34.1. The van der Waals surface area contributed by atoms with Crippen molar-refractivity contribution in [3.63, 3.8) is 0 Å². The Hall–Kier alpha value is -2.18. The molecule has 0 radical (unpaired) electrons. The molecule has 0 aliphatic rings. The molecule has 0 aliphatic heterocycles. The number of esters is 1. The van der Waals surface area contributed by atoms with E-state index in [1.165, 1.54) is 19.2 Å². The van der Waals surface area contributed by atoms with Gasteiger partial charge >= 0.3 is 5.97 Å². The molecule has 6 heteroatoms. The van der Waals surface area contributed by atoms with Crippen molar-refractivity contribution >= 4 is 16.1 Å². The molecule has 0 saturated heterocycles. The highest BCUT2D eigenvalue weighted by atomic mass is 32.2. The van der Waals surface area contributed by atoms with Crippen LogP contribution in [0.25, 0.3) is 0 Å². The zero-order valence-corrected chi connectivity index (χ0v) is 13.8. The monoisotopic (exact) mass is 334 g/mol. The van der Waals surface area contributed by atoms with E-state index in [-0.39, 0.29) is 23.9 Å². The number of carbonyl (C=O) groups excluding carboxylic acids is 1. The Morgan fingerprint density at radius 3 is 2.22 bits per heavy atom. The first-order valence-corrected chi connectivity index (χ1v) is 8.43. The Morgan fingerprint density at radius 1 is 1.00 bits per heavy atom. The van der Waals surface area contributed by atoms with Gasteiger partial charge in [-0.15, -0.1) is 0 Å². The zero-order chi connectivity index (χ0) is 16.9. The van der Waals surface area contributed by atoms with E-state index in [0.29, 0.717) is 11.1 Å². The van der Waals surface area contributed by atoms with Crippen molar-refractivity contribution in [2.24, 2.45) is 0 Å². The lowest BCUT2D eigenvalue weighted by molar-refractivity contribution is -0.139. The summed E-state index contributed by atoms with van der Waals surface area (Å²) in [5.41, 5.74) is 2.28. The highest BCUT2D eigenvalue weighted by molar-refractivity contribution is 7.86. The average Bonchev–Trinajstić information content (AvgIpc) is 2.54. The first-order chi connectivity index (χ1) is 10.9. The normalized spacial score (nSPS) is 11.2. The largest absolute Gasteiger partial charge is 0.469 e. The Labute approximate surface area is 136 Å². The minimum Gasteiger partial charge on any atom is -0.469 e. The molecule has 0 unspecified atom stereocenters. The molecule has 2 aromatic carbocycles. The summed E-state index contributed by atoms with van der Waals surface area (Å²) in [4.78, 5) is 11.5. The van der Waals surface area contributed by atoms with Gasteiger partial charge in [0.15, 0.2) is 0 Å². The standard InChI is InChI=1S/C17H18O5S/c1-13-7-9-16(10-8-13)23(19,20)22-12-15-6-4-3-5-14(15)11-17(18)21-2/h3-10H,11-12H2,1-2H3. The summed E-state index contributed by atoms with van der Waals surface area (Å²) in [7, 11) is -2.53. The molecule has 0 N–H and O–H groups in total. The summed E-state index contributed by atoms with van der Waals surface area (Å²) >= 11 is 0. The van der Waals surface area contributed by atoms with E-state index in [9.17, 15) is 13.2 Å². The Balaban J connectivity index is 2.14. The molecule has 122 valence electrons. The van der Waals surface area contributed by atoms with Gasteiger partial charge in [0.05, 0.1) is 25.0 Å². The SMILES string of the molecule is COC(=O)Cc1ccccc1COS(=O)(=O)c1ccc(C)cc1. The number of hydrogen-bond acceptors (Lipinski definition) is 5. The van der Waals surface area contributed by atoms with Gasteiger partial charge in [0.2, 0.25) is 0 Å². The van der Waals surface area contributed by atoms with Crippen molar-refractivity contribution in [3.05, 3.63) is 65.2 Å². The van der Waals surface area contributed by atoms with Crippen LogP contribution in [0.3, 0.4) is 0 Å². The maximum Gasteiger partial charge on any atom is 0.309 e. The van der Waals surface area contributed by atoms with E-state index in [2.05, 4.69) is 4.74 Å². The summed E-state index contributed by atoms with van der Waals surface area (Å²) in [6, 6.07) is 13.4. The van der Waals surface area contributed by atoms with E-state index in [1.54, 1.807) is 36.4 Å². The second kappa shape index (κ2) is 7.39. The van der Waals surface area contributed by atoms with E-state index in [4.69, 9.17) is 4.18 Å². The summed E-state index contributed by atoms with van der Waals surface area (Å²) in [6.07, 6.45) is 0.0701. The molecule has 0 spiro atoms. The summed E-state index contributed by atoms with van der Waals surface area (Å²) in [6.45, 7) is 1.74. The lowest BCUT2D eigenvalue weighted by atomic mass is 10.1. The molecule has 0 heterocycles. The van der Waals surface area contributed by atoms with Gasteiger partial charge in [-0.05, 0) is 30.2 Å². The van der Waals surface area contributed by atoms with E-state index in [0.717, 1.165) is 5.56 Å². The topological polar surface area (TPSA) is 69.7 Å². The predicted molar refractivity (Wildman–Crippen MR) is 85.3 cm³/mol. The van der Waals surface area contributed by atoms with Crippen molar-refractivity contribution in [1.29, 1.82) is 0 Å². The molecule has 0 bridgehead atoms. The number of benzene rings is 2. The predicted octanol–water partition coefficient (Wildman–Crippen LogP) is 2.62. The quantitative estimate of drug-likeness (QED) is 0.600. The highest BCUT2D eigenvalue weighted by Gasteiger charge is 2.16. The lowest BCUT2D eigenvalue weighted by Crippen LogP contribution is -2.10. The minimum absolute atomic E-state index is 0.0701. The van der Waals surface area contributed by atoms with Crippen LogP contribution in [0, 0.1) is 6.92 Å². The Morgan fingerprint density at radius 2 is 1.61 bits per heavy atom. The molecular weight excluding hydrogens is 316 g/mol. The number of aryl methyl sites for hydroxylation is 1. The van der Waals surface area contributed by atoms with Crippen LogP contribution in [0.5, 0.6) is 0 Å². The molecule has 0 atom stereocenters. The fourth-order valence-corrected chi connectivity index (χ4v) is 2.90. The van der Waals surface area contributed by atoms with E-state index in [1.807, 2.05) is 6.92 Å². The van der Waals surface area contributed by atoms with Crippen LogP contribution in [0.2, 0.25) is 0 Å². The first-order valence-electron chi connectivity index (χ1n) is 7.02. The van der Waals surface area contributed by atoms with Gasteiger partial charge in [0.25, 0.3) is 10.1 Å². The lowest BCUT2D eigenvalue weighted by Gasteiger charge is -2.10. The number of ether oxygens (including phenoxy) is 1. The highest BCUT2D eigenvalue weighted by Crippen LogP contribution is 2.17. The summed E-state index contributed by atoms with van der Waals surface area (Å²) in [5, 5.41) is 0. The van der Waals surface area contributed by atoms with Crippen LogP contribution >= 0.6 is 0 Å². The van der Waals surface area contributed by atoms with Gasteiger partial charge in [-0.1, -0.05) is 42.0 Å². The maximum absolute atomic E-state index is 12.2. The van der Waals surface area contributed by atoms with Gasteiger partial charge in [0, 0.05) is 0 Å². The Bertz CT molecular complexity index is 779. The van der Waals surface area contributed by atoms with Gasteiger partial charge in [-0.3, -0.25) is 8.98 Å². The minimum atomic E-state index is -3.84. The van der Waals surface area contributed by atoms with Crippen LogP contribution < -0.4 is 0 Å². The second-order valence-corrected chi connectivity index (χ2v) is 6.67. The van der Waals surface area contributed by atoms with Gasteiger partial charge in [-0.2, -0.15) is 8.42 Å². The van der Waals surface area contributed by atoms with Crippen molar-refractivity contribution in [3.8, 4) is 0 Å². The molecular formula is C17H18O5S. The third-order valence-corrected chi connectivity index (χ3v) is 4.64. The van der Waals surface area contributed by atoms with Gasteiger partial charge < -0.3 is 4.74 Å². The number of hydrogen-bond donors (Lipinski definition) is 0. The smallest absolute Gasteiger partial charge is 0.309 e. The first kappa shape index (κ1) is 17.2. The van der Waals surface area contributed by atoms with Crippen molar-refractivity contribution in [1.82, 2.24) is 0 Å². The fraction of sp³-hybridized carbons (Fsp3) is 0.235. The number of rotatable bonds is 6. The van der Waals surface area contributed by atoms with Crippen LogP contribution in [0.1, 0.15) is 16.7 Å². The number of methoxy groups -OCH3 is 1. The van der Waals surface area contributed by atoms with Crippen molar-refractivity contribution in [2.75, 3.05) is 7.11 Å². The summed E-state index contributed by atoms with van der Waals surface area (Å²) in [5.74, 6) is -0.390. The average molecular weight is 334 g/mol. The second-order valence-electron chi connectivity index (χ2n) is 5.05. The molecule has 2 rings (SSSR count). The van der Waals surface area contributed by atoms with E-state index >= 15 is 0 Å². The zero-order valence-electron chi connectivity index (χ0n) is 13.0. The van der Waals surface area contributed by atoms with Crippen LogP contribution in [-0.2, 0) is 36.9 Å². The van der Waals surface area contributed by atoms with Crippen molar-refractivity contribution in [2.45, 2.75) is 24.8 Å².